The maximum absolute atomic E-state index is 11.5. The number of nitriles is 1. The van der Waals surface area contributed by atoms with Gasteiger partial charge in [0, 0.05) is 17.9 Å². The number of alkyl halides is 1. The third-order valence-corrected chi connectivity index (χ3v) is 6.17. The highest BCUT2D eigenvalue weighted by Crippen LogP contribution is 2.38. The Morgan fingerprint density at radius 3 is 2.51 bits per heavy atom. The van der Waals surface area contributed by atoms with Gasteiger partial charge in [-0.2, -0.15) is 5.26 Å². The molecule has 3 rings (SSSR count). The van der Waals surface area contributed by atoms with Crippen LogP contribution in [0.1, 0.15) is 47.5 Å². The van der Waals surface area contributed by atoms with E-state index in [0.717, 1.165) is 6.26 Å². The van der Waals surface area contributed by atoms with Crippen molar-refractivity contribution in [3.63, 3.8) is 0 Å². The molecule has 2 aromatic carbocycles. The highest BCUT2D eigenvalue weighted by atomic mass is 35.5. The molecule has 1 heterocycles. The molecule has 0 fully saturated rings. The van der Waals surface area contributed by atoms with Crippen molar-refractivity contribution >= 4 is 33.0 Å². The van der Waals surface area contributed by atoms with Crippen LogP contribution in [0.15, 0.2) is 48.6 Å². The third-order valence-electron chi connectivity index (χ3n) is 4.96. The zero-order valence-corrected chi connectivity index (χ0v) is 21.6. The fraction of sp³-hybridized carbons (Fsp3) is 0.320. The summed E-state index contributed by atoms with van der Waals surface area (Å²) >= 11 is 12.1. The number of halogens is 2. The Hall–Kier alpha value is -2.86. The number of sulfone groups is 1. The molecule has 0 aliphatic rings. The summed E-state index contributed by atoms with van der Waals surface area (Å²) < 4.78 is 68.7. The Morgan fingerprint density at radius 1 is 1.17 bits per heavy atom. The van der Waals surface area contributed by atoms with Crippen molar-refractivity contribution in [2.75, 3.05) is 18.7 Å². The van der Waals surface area contributed by atoms with Crippen molar-refractivity contribution in [3.8, 4) is 17.6 Å². The Morgan fingerprint density at radius 2 is 1.89 bits per heavy atom. The van der Waals surface area contributed by atoms with E-state index in [1.54, 1.807) is 19.9 Å². The number of nitrogens with zero attached hydrogens (tertiary/aromatic N) is 3. The van der Waals surface area contributed by atoms with Crippen LogP contribution in [0.4, 0.5) is 0 Å². The van der Waals surface area contributed by atoms with E-state index in [-0.39, 0.29) is 70.4 Å². The summed E-state index contributed by atoms with van der Waals surface area (Å²) in [5.41, 5.74) is -0.0925. The topological polar surface area (TPSA) is 102 Å². The number of benzene rings is 2. The number of rotatable bonds is 10. The van der Waals surface area contributed by atoms with Crippen LogP contribution in [0.2, 0.25) is 5.02 Å². The van der Waals surface area contributed by atoms with E-state index in [1.165, 1.54) is 18.3 Å². The molecule has 0 radical (unpaired) electrons. The first kappa shape index (κ1) is 21.4. The molecular formula is C25H25Cl2N3O4S. The SMILES string of the molecule is [2H]c1c([2H])c(C(C)(C)c2cc(Cl)c(OCCCl)c(C#N)c2)c([2H])c([2H])c1OCc1ccnc(CS(C)(=O)=O)n1. The normalized spacial score (nSPS) is 13.3. The van der Waals surface area contributed by atoms with Crippen molar-refractivity contribution in [2.45, 2.75) is 31.6 Å². The van der Waals surface area contributed by atoms with Crippen LogP contribution in [0.25, 0.3) is 0 Å². The molecule has 0 N–H and O–H groups in total. The van der Waals surface area contributed by atoms with Crippen molar-refractivity contribution in [2.24, 2.45) is 0 Å². The summed E-state index contributed by atoms with van der Waals surface area (Å²) in [6, 6.07) is 5.17. The second kappa shape index (κ2) is 11.3. The summed E-state index contributed by atoms with van der Waals surface area (Å²) in [6.45, 7) is 3.32. The summed E-state index contributed by atoms with van der Waals surface area (Å²) in [4.78, 5) is 8.06. The second-order valence-corrected chi connectivity index (χ2v) is 11.1. The van der Waals surface area contributed by atoms with Crippen LogP contribution in [0.3, 0.4) is 0 Å². The Kier molecular flexibility index (Phi) is 6.89. The molecule has 0 unspecified atom stereocenters. The average molecular weight is 538 g/mol. The van der Waals surface area contributed by atoms with Crippen LogP contribution in [-0.2, 0) is 27.6 Å². The first-order valence-corrected chi connectivity index (χ1v) is 13.3. The zero-order chi connectivity index (χ0) is 29.1. The standard InChI is InChI=1S/C25H25Cl2N3O4S/c1-25(2,19-12-17(14-28)24(22(27)13-19)33-11-9-26)18-4-6-21(7-5-18)34-15-20-8-10-29-23(30-20)16-35(3,31)32/h4-8,10,12-13H,9,11,15-16H2,1-3H3/i4D,5D,6D,7D. The lowest BCUT2D eigenvalue weighted by Gasteiger charge is -2.27. The Bertz CT molecular complexity index is 1530. The van der Waals surface area contributed by atoms with Crippen LogP contribution < -0.4 is 9.47 Å². The van der Waals surface area contributed by atoms with Crippen LogP contribution >= 0.6 is 23.2 Å². The molecule has 35 heavy (non-hydrogen) atoms. The van der Waals surface area contributed by atoms with Gasteiger partial charge in [0.05, 0.1) is 27.6 Å². The predicted molar refractivity (Wildman–Crippen MR) is 136 cm³/mol. The lowest BCUT2D eigenvalue weighted by molar-refractivity contribution is 0.300. The first-order valence-electron chi connectivity index (χ1n) is 12.4. The molecule has 0 aliphatic carbocycles. The van der Waals surface area contributed by atoms with Gasteiger partial charge in [-0.3, -0.25) is 0 Å². The molecule has 0 spiro atoms. The minimum absolute atomic E-state index is 0.0738. The quantitative estimate of drug-likeness (QED) is 0.332. The highest BCUT2D eigenvalue weighted by molar-refractivity contribution is 7.89. The van der Waals surface area contributed by atoms with E-state index < -0.39 is 27.3 Å². The molecule has 0 amide bonds. The first-order chi connectivity index (χ1) is 18.2. The minimum atomic E-state index is -3.36. The van der Waals surface area contributed by atoms with Crippen molar-refractivity contribution < 1.29 is 23.4 Å². The molecule has 0 atom stereocenters. The summed E-state index contributed by atoms with van der Waals surface area (Å²) in [5, 5.41) is 9.80. The zero-order valence-electron chi connectivity index (χ0n) is 23.3. The molecular weight excluding hydrogens is 509 g/mol. The van der Waals surface area contributed by atoms with Gasteiger partial charge in [0.15, 0.2) is 15.6 Å². The van der Waals surface area contributed by atoms with Gasteiger partial charge in [0.25, 0.3) is 0 Å². The van der Waals surface area contributed by atoms with Crippen LogP contribution in [0.5, 0.6) is 11.5 Å². The Balaban J connectivity index is 2.00. The maximum Gasteiger partial charge on any atom is 0.155 e. The van der Waals surface area contributed by atoms with Gasteiger partial charge < -0.3 is 9.47 Å². The van der Waals surface area contributed by atoms with E-state index in [9.17, 15) is 13.7 Å². The number of ether oxygens (including phenoxy) is 2. The van der Waals surface area contributed by atoms with Gasteiger partial charge in [-0.05, 0) is 41.4 Å². The van der Waals surface area contributed by atoms with Gasteiger partial charge in [-0.25, -0.2) is 18.4 Å². The van der Waals surface area contributed by atoms with E-state index >= 15 is 0 Å². The molecule has 0 aliphatic heterocycles. The smallest absolute Gasteiger partial charge is 0.155 e. The lowest BCUT2D eigenvalue weighted by atomic mass is 9.77. The second-order valence-electron chi connectivity index (χ2n) is 8.14. The minimum Gasteiger partial charge on any atom is -0.489 e. The molecule has 184 valence electrons. The lowest BCUT2D eigenvalue weighted by Crippen LogP contribution is -2.19. The Labute approximate surface area is 221 Å². The molecule has 0 saturated heterocycles. The van der Waals surface area contributed by atoms with Gasteiger partial charge in [0.1, 0.15) is 36.6 Å². The van der Waals surface area contributed by atoms with Gasteiger partial charge in [0.2, 0.25) is 0 Å². The predicted octanol–water partition coefficient (Wildman–Crippen LogP) is 5.07. The third kappa shape index (κ3) is 7.07. The average Bonchev–Trinajstić information content (AvgIpc) is 2.85. The molecule has 10 heteroatoms. The fourth-order valence-electron chi connectivity index (χ4n) is 3.13. The van der Waals surface area contributed by atoms with E-state index in [2.05, 4.69) is 9.97 Å². The largest absolute Gasteiger partial charge is 0.489 e. The van der Waals surface area contributed by atoms with E-state index in [4.69, 9.17) is 38.2 Å². The van der Waals surface area contributed by atoms with Gasteiger partial charge >= 0.3 is 0 Å². The molecule has 7 nitrogen and oxygen atoms in total. The molecule has 3 aromatic rings. The highest BCUT2D eigenvalue weighted by Gasteiger charge is 2.26. The van der Waals surface area contributed by atoms with E-state index in [0.29, 0.717) is 11.3 Å². The molecule has 0 saturated carbocycles. The van der Waals surface area contributed by atoms with E-state index in [1.807, 2.05) is 6.07 Å². The van der Waals surface area contributed by atoms with Crippen molar-refractivity contribution in [1.29, 1.82) is 5.26 Å². The number of aromatic nitrogens is 2. The molecule has 0 bridgehead atoms. The monoisotopic (exact) mass is 537 g/mol. The maximum atomic E-state index is 11.5. The summed E-state index contributed by atoms with van der Waals surface area (Å²) in [5.74, 6) is -0.196. The van der Waals surface area contributed by atoms with Gasteiger partial charge in [-0.15, -0.1) is 11.6 Å². The number of hydrogen-bond donors (Lipinski definition) is 0. The molecule has 1 aromatic heterocycles. The van der Waals surface area contributed by atoms with Crippen LogP contribution in [0, 0.1) is 11.3 Å². The fourth-order valence-corrected chi connectivity index (χ4v) is 4.09. The summed E-state index contributed by atoms with van der Waals surface area (Å²) in [7, 11) is -3.36. The van der Waals surface area contributed by atoms with Gasteiger partial charge in [-0.1, -0.05) is 37.5 Å². The van der Waals surface area contributed by atoms with Crippen LogP contribution in [-0.4, -0.2) is 37.1 Å². The summed E-state index contributed by atoms with van der Waals surface area (Å²) in [6.07, 6.45) is 2.44. The van der Waals surface area contributed by atoms with Crippen molar-refractivity contribution in [1.82, 2.24) is 9.97 Å². The number of hydrogen-bond acceptors (Lipinski definition) is 7. The van der Waals surface area contributed by atoms with Crippen molar-refractivity contribution in [3.05, 3.63) is 81.8 Å².